The molecule has 0 fully saturated rings. The molecule has 1 aromatic rings. The van der Waals surface area contributed by atoms with Crippen LogP contribution in [0.15, 0.2) is 22.7 Å². The van der Waals surface area contributed by atoms with Gasteiger partial charge in [-0.2, -0.15) is 0 Å². The summed E-state index contributed by atoms with van der Waals surface area (Å²) in [5.41, 5.74) is 0.385. The number of amides is 1. The van der Waals surface area contributed by atoms with Gasteiger partial charge in [-0.15, -0.1) is 0 Å². The first-order valence-electron chi connectivity index (χ1n) is 5.83. The van der Waals surface area contributed by atoms with Gasteiger partial charge in [0, 0.05) is 11.0 Å². The Labute approximate surface area is 115 Å². The summed E-state index contributed by atoms with van der Waals surface area (Å²) in [4.78, 5) is 11.8. The molecule has 100 valence electrons. The smallest absolute Gasteiger partial charge is 0.252 e. The van der Waals surface area contributed by atoms with Crippen molar-refractivity contribution in [3.8, 4) is 0 Å². The van der Waals surface area contributed by atoms with E-state index in [2.05, 4.69) is 21.2 Å². The number of hydrogen-bond acceptors (Lipinski definition) is 2. The van der Waals surface area contributed by atoms with Crippen LogP contribution in [-0.4, -0.2) is 23.7 Å². The van der Waals surface area contributed by atoms with Gasteiger partial charge in [0.05, 0.1) is 11.7 Å². The molecule has 0 aliphatic rings. The van der Waals surface area contributed by atoms with Gasteiger partial charge >= 0.3 is 0 Å². The van der Waals surface area contributed by atoms with E-state index in [0.29, 0.717) is 23.0 Å². The zero-order valence-electron chi connectivity index (χ0n) is 10.4. The van der Waals surface area contributed by atoms with Crippen LogP contribution in [0.1, 0.15) is 30.6 Å². The molecule has 1 atom stereocenters. The van der Waals surface area contributed by atoms with Crippen molar-refractivity contribution in [2.75, 3.05) is 6.54 Å². The number of rotatable bonds is 5. The Morgan fingerprint density at radius 2 is 2.17 bits per heavy atom. The van der Waals surface area contributed by atoms with E-state index in [0.717, 1.165) is 0 Å². The average Bonchev–Trinajstić information content (AvgIpc) is 2.28. The van der Waals surface area contributed by atoms with Crippen LogP contribution in [0.5, 0.6) is 0 Å². The molecule has 0 heterocycles. The molecule has 0 saturated carbocycles. The summed E-state index contributed by atoms with van der Waals surface area (Å²) >= 11 is 3.14. The predicted molar refractivity (Wildman–Crippen MR) is 71.9 cm³/mol. The maximum atomic E-state index is 12.9. The molecule has 5 heteroatoms. The molecule has 0 aliphatic carbocycles. The molecule has 0 radical (unpaired) electrons. The summed E-state index contributed by atoms with van der Waals surface area (Å²) in [6.45, 7) is 4.23. The lowest BCUT2D eigenvalue weighted by Crippen LogP contribution is -2.28. The minimum Gasteiger partial charge on any atom is -0.393 e. The van der Waals surface area contributed by atoms with Crippen LogP contribution in [-0.2, 0) is 0 Å². The summed E-state index contributed by atoms with van der Waals surface area (Å²) in [6.07, 6.45) is 0.0735. The third-order valence-electron chi connectivity index (χ3n) is 2.67. The molecule has 3 nitrogen and oxygen atoms in total. The Morgan fingerprint density at radius 1 is 1.50 bits per heavy atom. The van der Waals surface area contributed by atoms with Crippen molar-refractivity contribution in [3.63, 3.8) is 0 Å². The van der Waals surface area contributed by atoms with Gasteiger partial charge in [0.25, 0.3) is 5.91 Å². The number of benzene rings is 1. The van der Waals surface area contributed by atoms with E-state index in [1.165, 1.54) is 18.2 Å². The number of carbonyl (C=O) groups is 1. The van der Waals surface area contributed by atoms with Crippen LogP contribution in [0.3, 0.4) is 0 Å². The van der Waals surface area contributed by atoms with Crippen molar-refractivity contribution in [2.24, 2.45) is 5.92 Å². The zero-order chi connectivity index (χ0) is 13.7. The highest BCUT2D eigenvalue weighted by Crippen LogP contribution is 2.17. The Hall–Kier alpha value is -0.940. The summed E-state index contributed by atoms with van der Waals surface area (Å²) in [5.74, 6) is -0.508. The fraction of sp³-hybridized carbons (Fsp3) is 0.462. The van der Waals surface area contributed by atoms with Crippen LogP contribution in [0, 0.1) is 11.7 Å². The number of hydrogen-bond donors (Lipinski definition) is 2. The number of aliphatic hydroxyl groups is 1. The van der Waals surface area contributed by atoms with Crippen LogP contribution in [0.25, 0.3) is 0 Å². The summed E-state index contributed by atoms with van der Waals surface area (Å²) in [5, 5.41) is 12.3. The van der Waals surface area contributed by atoms with Crippen molar-refractivity contribution < 1.29 is 14.3 Å². The minimum atomic E-state index is -0.429. The van der Waals surface area contributed by atoms with Crippen LogP contribution in [0.2, 0.25) is 0 Å². The standard InChI is InChI=1S/C13H17BrFNO2/c1-8(2)12(17)5-6-16-13(18)10-4-3-9(15)7-11(10)14/h3-4,7-8,12,17H,5-6H2,1-2H3,(H,16,18)/t12-/m0/s1. The molecule has 0 saturated heterocycles. The van der Waals surface area contributed by atoms with Gasteiger partial charge in [-0.25, -0.2) is 4.39 Å². The third kappa shape index (κ3) is 4.38. The van der Waals surface area contributed by atoms with Crippen molar-refractivity contribution in [1.82, 2.24) is 5.32 Å². The first kappa shape index (κ1) is 15.1. The van der Waals surface area contributed by atoms with E-state index in [9.17, 15) is 14.3 Å². The number of carbonyl (C=O) groups excluding carboxylic acids is 1. The fourth-order valence-electron chi connectivity index (χ4n) is 1.44. The summed E-state index contributed by atoms with van der Waals surface area (Å²) < 4.78 is 13.3. The highest BCUT2D eigenvalue weighted by molar-refractivity contribution is 9.10. The van der Waals surface area contributed by atoms with E-state index in [1.54, 1.807) is 0 Å². The minimum absolute atomic E-state index is 0.166. The van der Waals surface area contributed by atoms with Gasteiger partial charge in [0.1, 0.15) is 5.82 Å². The molecular weight excluding hydrogens is 301 g/mol. The molecule has 0 unspecified atom stereocenters. The van der Waals surface area contributed by atoms with Crippen LogP contribution in [0.4, 0.5) is 4.39 Å². The highest BCUT2D eigenvalue weighted by atomic mass is 79.9. The monoisotopic (exact) mass is 317 g/mol. The summed E-state index contributed by atoms with van der Waals surface area (Å²) in [6, 6.07) is 3.91. The SMILES string of the molecule is CC(C)[C@@H](O)CCNC(=O)c1ccc(F)cc1Br. The summed E-state index contributed by atoms with van der Waals surface area (Å²) in [7, 11) is 0. The normalized spacial score (nSPS) is 12.6. The first-order valence-corrected chi connectivity index (χ1v) is 6.62. The largest absolute Gasteiger partial charge is 0.393 e. The van der Waals surface area contributed by atoms with Gasteiger partial charge in [0.15, 0.2) is 0 Å². The second-order valence-electron chi connectivity index (χ2n) is 4.48. The molecular formula is C13H17BrFNO2. The lowest BCUT2D eigenvalue weighted by Gasteiger charge is -2.14. The van der Waals surface area contributed by atoms with E-state index in [4.69, 9.17) is 0 Å². The number of aliphatic hydroxyl groups excluding tert-OH is 1. The molecule has 18 heavy (non-hydrogen) atoms. The molecule has 0 bridgehead atoms. The second-order valence-corrected chi connectivity index (χ2v) is 5.33. The molecule has 0 aromatic heterocycles. The van der Waals surface area contributed by atoms with E-state index < -0.39 is 11.9 Å². The maximum absolute atomic E-state index is 12.9. The Bertz CT molecular complexity index is 423. The molecule has 1 aromatic carbocycles. The molecule has 1 amide bonds. The second kappa shape index (κ2) is 6.85. The third-order valence-corrected chi connectivity index (χ3v) is 3.33. The van der Waals surface area contributed by atoms with Crippen LogP contribution < -0.4 is 5.32 Å². The van der Waals surface area contributed by atoms with E-state index >= 15 is 0 Å². The zero-order valence-corrected chi connectivity index (χ0v) is 12.0. The van der Waals surface area contributed by atoms with Gasteiger partial charge in [-0.1, -0.05) is 13.8 Å². The van der Waals surface area contributed by atoms with Crippen molar-refractivity contribution in [3.05, 3.63) is 34.1 Å². The lowest BCUT2D eigenvalue weighted by molar-refractivity contribution is 0.0919. The molecule has 0 spiro atoms. The van der Waals surface area contributed by atoms with Crippen molar-refractivity contribution in [2.45, 2.75) is 26.4 Å². The van der Waals surface area contributed by atoms with Gasteiger partial charge in [-0.05, 0) is 46.5 Å². The van der Waals surface area contributed by atoms with Crippen LogP contribution >= 0.6 is 15.9 Å². The molecule has 0 aliphatic heterocycles. The number of nitrogens with one attached hydrogen (secondary N) is 1. The lowest BCUT2D eigenvalue weighted by atomic mass is 10.0. The van der Waals surface area contributed by atoms with E-state index in [1.807, 2.05) is 13.8 Å². The topological polar surface area (TPSA) is 49.3 Å². The van der Waals surface area contributed by atoms with Gasteiger partial charge in [-0.3, -0.25) is 4.79 Å². The van der Waals surface area contributed by atoms with Crippen molar-refractivity contribution in [1.29, 1.82) is 0 Å². The fourth-order valence-corrected chi connectivity index (χ4v) is 1.97. The maximum Gasteiger partial charge on any atom is 0.252 e. The van der Waals surface area contributed by atoms with E-state index in [-0.39, 0.29) is 11.8 Å². The Balaban J connectivity index is 2.51. The van der Waals surface area contributed by atoms with Crippen molar-refractivity contribution >= 4 is 21.8 Å². The highest BCUT2D eigenvalue weighted by Gasteiger charge is 2.12. The first-order chi connectivity index (χ1) is 8.41. The Kier molecular flexibility index (Phi) is 5.75. The number of halogens is 2. The van der Waals surface area contributed by atoms with Gasteiger partial charge < -0.3 is 10.4 Å². The quantitative estimate of drug-likeness (QED) is 0.877. The molecule has 1 rings (SSSR count). The Morgan fingerprint density at radius 3 is 2.72 bits per heavy atom. The molecule has 2 N–H and O–H groups in total. The van der Waals surface area contributed by atoms with Gasteiger partial charge in [0.2, 0.25) is 0 Å². The predicted octanol–water partition coefficient (Wildman–Crippen LogP) is 2.73. The average molecular weight is 318 g/mol.